The SMILES string of the molecule is CC(C)[C@@H]1NC(=O)[C@H](CCCCN)NC(=O)[C@H](CC(=O)O)NC(=O)CNC(=O)[C@H]([C@@H](C)O)NC(=O)CNC(=O)[C@H](C)NC(=O)[C@H](CC(=O)O)NC1=O. The van der Waals surface area contributed by atoms with E-state index in [0.717, 1.165) is 6.92 Å². The fourth-order valence-electron chi connectivity index (χ4n) is 4.70. The molecule has 52 heavy (non-hydrogen) atoms. The zero-order valence-electron chi connectivity index (χ0n) is 29.3. The molecule has 13 N–H and O–H groups in total. The summed E-state index contributed by atoms with van der Waals surface area (Å²) in [6.07, 6.45) is -2.79. The highest BCUT2D eigenvalue weighted by Crippen LogP contribution is 2.08. The Balaban J connectivity index is 3.57. The molecule has 0 spiro atoms. The Hall–Kier alpha value is -5.38. The molecule has 8 amide bonds. The van der Waals surface area contributed by atoms with Gasteiger partial charge in [0, 0.05) is 0 Å². The second-order valence-corrected chi connectivity index (χ2v) is 12.4. The number of aliphatic carboxylic acids is 2. The molecule has 1 saturated heterocycles. The van der Waals surface area contributed by atoms with Gasteiger partial charge in [0.2, 0.25) is 47.3 Å². The average Bonchev–Trinajstić information content (AvgIpc) is 3.04. The van der Waals surface area contributed by atoms with Crippen molar-refractivity contribution in [1.29, 1.82) is 0 Å². The van der Waals surface area contributed by atoms with E-state index in [1.807, 2.05) is 0 Å². The molecule has 292 valence electrons. The van der Waals surface area contributed by atoms with Gasteiger partial charge in [-0.2, -0.15) is 0 Å². The van der Waals surface area contributed by atoms with E-state index in [2.05, 4.69) is 42.5 Å². The Morgan fingerprint density at radius 3 is 1.63 bits per heavy atom. The van der Waals surface area contributed by atoms with E-state index in [4.69, 9.17) is 5.73 Å². The molecule has 1 heterocycles. The van der Waals surface area contributed by atoms with Gasteiger partial charge in [-0.25, -0.2) is 0 Å². The number of rotatable bonds is 10. The van der Waals surface area contributed by atoms with Gasteiger partial charge in [0.25, 0.3) is 0 Å². The van der Waals surface area contributed by atoms with Crippen molar-refractivity contribution in [1.82, 2.24) is 42.5 Å². The predicted molar refractivity (Wildman–Crippen MR) is 177 cm³/mol. The Morgan fingerprint density at radius 1 is 0.635 bits per heavy atom. The summed E-state index contributed by atoms with van der Waals surface area (Å²) in [6, 6.07) is -9.36. The summed E-state index contributed by atoms with van der Waals surface area (Å²) >= 11 is 0. The third-order valence-electron chi connectivity index (χ3n) is 7.55. The standard InChI is InChI=1S/C30H49N9O13/c1-13(2)23-30(52)37-18(10-22(45)46)27(49)34-14(3)25(47)32-12-20(42)38-24(15(4)40)29(51)33-11-19(41)35-17(9-21(43)44)28(50)36-16(26(48)39-23)7-5-6-8-31/h13-18,23-24,40H,5-12,31H2,1-4H3,(H,32,47)(H,33,51)(H,34,49)(H,35,41)(H,36,50)(H,37,52)(H,38,42)(H,39,48)(H,43,44)(H,45,46)/t14-,15+,16-,17-,18-,23-,24-/m0/s1. The van der Waals surface area contributed by atoms with Gasteiger partial charge < -0.3 is 63.6 Å². The largest absolute Gasteiger partial charge is 0.481 e. The van der Waals surface area contributed by atoms with E-state index < -0.39 is 133 Å². The van der Waals surface area contributed by atoms with Gasteiger partial charge >= 0.3 is 11.9 Å². The van der Waals surface area contributed by atoms with Crippen molar-refractivity contribution in [3.63, 3.8) is 0 Å². The molecule has 0 saturated carbocycles. The van der Waals surface area contributed by atoms with E-state index in [1.165, 1.54) is 20.8 Å². The monoisotopic (exact) mass is 743 g/mol. The number of aliphatic hydroxyl groups is 1. The summed E-state index contributed by atoms with van der Waals surface area (Å²) in [5.74, 6) is -11.9. The lowest BCUT2D eigenvalue weighted by atomic mass is 10.0. The number of hydrogen-bond donors (Lipinski definition) is 12. The van der Waals surface area contributed by atoms with Gasteiger partial charge in [0.15, 0.2) is 0 Å². The maximum atomic E-state index is 13.5. The Bertz CT molecular complexity index is 1360. The van der Waals surface area contributed by atoms with Crippen LogP contribution in [0.5, 0.6) is 0 Å². The van der Waals surface area contributed by atoms with Gasteiger partial charge in [0.05, 0.1) is 32.0 Å². The van der Waals surface area contributed by atoms with Crippen molar-refractivity contribution in [3.05, 3.63) is 0 Å². The van der Waals surface area contributed by atoms with Crippen LogP contribution in [0.2, 0.25) is 0 Å². The van der Waals surface area contributed by atoms with Crippen LogP contribution in [0.4, 0.5) is 0 Å². The number of nitrogens with one attached hydrogen (secondary N) is 8. The van der Waals surface area contributed by atoms with E-state index in [-0.39, 0.29) is 19.4 Å². The molecule has 0 aromatic rings. The first-order chi connectivity index (χ1) is 24.3. The lowest BCUT2D eigenvalue weighted by Gasteiger charge is -2.28. The number of carboxylic acid groups (broad SMARTS) is 2. The van der Waals surface area contributed by atoms with Crippen molar-refractivity contribution in [3.8, 4) is 0 Å². The van der Waals surface area contributed by atoms with Crippen molar-refractivity contribution in [2.45, 2.75) is 102 Å². The predicted octanol–water partition coefficient (Wildman–Crippen LogP) is -5.72. The molecule has 7 atom stereocenters. The lowest BCUT2D eigenvalue weighted by molar-refractivity contribution is -0.142. The molecular formula is C30H49N9O13. The summed E-state index contributed by atoms with van der Waals surface area (Å²) in [6.45, 7) is 4.00. The van der Waals surface area contributed by atoms with Crippen molar-refractivity contribution in [2.75, 3.05) is 19.6 Å². The van der Waals surface area contributed by atoms with Crippen molar-refractivity contribution in [2.24, 2.45) is 11.7 Å². The number of carbonyl (C=O) groups excluding carboxylic acids is 8. The molecule has 22 heteroatoms. The van der Waals surface area contributed by atoms with Crippen LogP contribution in [0.15, 0.2) is 0 Å². The molecular weight excluding hydrogens is 694 g/mol. The van der Waals surface area contributed by atoms with Gasteiger partial charge in [-0.15, -0.1) is 0 Å². The van der Waals surface area contributed by atoms with Gasteiger partial charge in [-0.1, -0.05) is 13.8 Å². The third-order valence-corrected chi connectivity index (χ3v) is 7.55. The Kier molecular flexibility index (Phi) is 18.7. The molecule has 0 bridgehead atoms. The fourth-order valence-corrected chi connectivity index (χ4v) is 4.70. The minimum absolute atomic E-state index is 0.0541. The van der Waals surface area contributed by atoms with Crippen LogP contribution in [-0.4, -0.2) is 137 Å². The van der Waals surface area contributed by atoms with Crippen LogP contribution < -0.4 is 48.3 Å². The van der Waals surface area contributed by atoms with Crippen molar-refractivity contribution >= 4 is 59.2 Å². The molecule has 0 aromatic heterocycles. The first kappa shape index (κ1) is 44.6. The zero-order chi connectivity index (χ0) is 39.7. The zero-order valence-corrected chi connectivity index (χ0v) is 29.3. The van der Waals surface area contributed by atoms with Gasteiger partial charge in [-0.05, 0) is 45.6 Å². The maximum Gasteiger partial charge on any atom is 0.305 e. The van der Waals surface area contributed by atoms with Crippen LogP contribution in [0.25, 0.3) is 0 Å². The van der Waals surface area contributed by atoms with E-state index in [1.54, 1.807) is 0 Å². The van der Waals surface area contributed by atoms with Crippen LogP contribution in [0, 0.1) is 5.92 Å². The first-order valence-corrected chi connectivity index (χ1v) is 16.4. The first-order valence-electron chi connectivity index (χ1n) is 16.4. The van der Waals surface area contributed by atoms with Crippen LogP contribution in [0.1, 0.15) is 59.8 Å². The number of aliphatic hydroxyl groups excluding tert-OH is 1. The quantitative estimate of drug-likeness (QED) is 0.0928. The summed E-state index contributed by atoms with van der Waals surface area (Å²) in [5, 5.41) is 46.8. The number of hydrogen-bond acceptors (Lipinski definition) is 12. The highest BCUT2D eigenvalue weighted by atomic mass is 16.4. The topological polar surface area (TPSA) is 354 Å². The fraction of sp³-hybridized carbons (Fsp3) is 0.667. The summed E-state index contributed by atoms with van der Waals surface area (Å²) in [5.41, 5.74) is 5.56. The molecule has 0 radical (unpaired) electrons. The van der Waals surface area contributed by atoms with Gasteiger partial charge in [-0.3, -0.25) is 47.9 Å². The molecule has 1 aliphatic rings. The smallest absolute Gasteiger partial charge is 0.305 e. The van der Waals surface area contributed by atoms with Crippen LogP contribution in [0.3, 0.4) is 0 Å². The normalized spacial score (nSPS) is 25.8. The number of nitrogens with two attached hydrogens (primary N) is 1. The minimum atomic E-state index is -1.77. The summed E-state index contributed by atoms with van der Waals surface area (Å²) < 4.78 is 0. The molecule has 1 rings (SSSR count). The maximum absolute atomic E-state index is 13.5. The molecule has 1 fully saturated rings. The summed E-state index contributed by atoms with van der Waals surface area (Å²) in [4.78, 5) is 127. The number of unbranched alkanes of at least 4 members (excludes halogenated alkanes) is 1. The van der Waals surface area contributed by atoms with Crippen LogP contribution >= 0.6 is 0 Å². The van der Waals surface area contributed by atoms with Crippen molar-refractivity contribution < 1.29 is 63.3 Å². The number of carbonyl (C=O) groups is 10. The number of carboxylic acids is 2. The van der Waals surface area contributed by atoms with E-state index in [9.17, 15) is 63.3 Å². The number of amides is 8. The van der Waals surface area contributed by atoms with E-state index in [0.29, 0.717) is 6.42 Å². The third kappa shape index (κ3) is 15.7. The van der Waals surface area contributed by atoms with Crippen LogP contribution in [-0.2, 0) is 47.9 Å². The van der Waals surface area contributed by atoms with E-state index >= 15 is 0 Å². The average molecular weight is 744 g/mol. The molecule has 0 unspecified atom stereocenters. The Morgan fingerprint density at radius 2 is 1.12 bits per heavy atom. The second kappa shape index (κ2) is 21.8. The molecule has 22 nitrogen and oxygen atoms in total. The molecule has 0 aliphatic carbocycles. The summed E-state index contributed by atoms with van der Waals surface area (Å²) in [7, 11) is 0. The minimum Gasteiger partial charge on any atom is -0.481 e. The molecule has 0 aromatic carbocycles. The molecule has 1 aliphatic heterocycles. The Labute approximate surface area is 298 Å². The lowest BCUT2D eigenvalue weighted by Crippen LogP contribution is -2.61. The van der Waals surface area contributed by atoms with Gasteiger partial charge in [0.1, 0.15) is 36.3 Å². The second-order valence-electron chi connectivity index (χ2n) is 12.4. The highest BCUT2D eigenvalue weighted by Gasteiger charge is 2.35. The highest BCUT2D eigenvalue weighted by molar-refractivity contribution is 5.99.